The third-order valence-electron chi connectivity index (χ3n) is 3.16. The molecule has 0 radical (unpaired) electrons. The highest BCUT2D eigenvalue weighted by molar-refractivity contribution is 5.81. The van der Waals surface area contributed by atoms with Gasteiger partial charge in [0.2, 0.25) is 5.91 Å². The summed E-state index contributed by atoms with van der Waals surface area (Å²) in [5, 5.41) is 2.72. The minimum absolute atomic E-state index is 0.00787. The van der Waals surface area contributed by atoms with Gasteiger partial charge in [0.15, 0.2) is 0 Å². The van der Waals surface area contributed by atoms with Gasteiger partial charge in [-0.2, -0.15) is 0 Å². The normalized spacial score (nSPS) is 13.4. The van der Waals surface area contributed by atoms with Crippen molar-refractivity contribution < 1.29 is 4.79 Å². The largest absolute Gasteiger partial charge is 0.349 e. The predicted molar refractivity (Wildman–Crippen MR) is 98.8 cm³/mol. The Balaban J connectivity index is 0. The van der Waals surface area contributed by atoms with Crippen LogP contribution in [-0.2, 0) is 4.79 Å². The number of hydrogen-bond donors (Lipinski definition) is 2. The molecule has 0 saturated carbocycles. The first kappa shape index (κ1) is 22.9. The summed E-state index contributed by atoms with van der Waals surface area (Å²) in [5.74, 6) is -0.138. The molecule has 0 fully saturated rings. The number of amides is 1. The highest BCUT2D eigenvalue weighted by Crippen LogP contribution is 2.06. The summed E-state index contributed by atoms with van der Waals surface area (Å²) < 4.78 is 0. The Morgan fingerprint density at radius 1 is 1.18 bits per heavy atom. The third kappa shape index (κ3) is 15.0. The Labute approximate surface area is 137 Å². The Morgan fingerprint density at radius 2 is 1.73 bits per heavy atom. The zero-order valence-electron chi connectivity index (χ0n) is 15.6. The van der Waals surface area contributed by atoms with Gasteiger partial charge < -0.3 is 11.1 Å². The Hall–Kier alpha value is -1.35. The van der Waals surface area contributed by atoms with Crippen LogP contribution in [0.4, 0.5) is 0 Å². The highest BCUT2D eigenvalue weighted by Gasteiger charge is 2.10. The maximum atomic E-state index is 11.0. The fourth-order valence-electron chi connectivity index (χ4n) is 1.51. The molecule has 0 bridgehead atoms. The van der Waals surface area contributed by atoms with E-state index in [0.717, 1.165) is 5.57 Å². The molecule has 0 heterocycles. The van der Waals surface area contributed by atoms with Crippen molar-refractivity contribution in [3.05, 3.63) is 35.5 Å². The Kier molecular flexibility index (Phi) is 13.9. The first-order valence-electron chi connectivity index (χ1n) is 8.12. The number of nitrogens with one attached hydrogen (secondary N) is 1. The second-order valence-corrected chi connectivity index (χ2v) is 6.14. The number of hydrogen-bond acceptors (Lipinski definition) is 2. The van der Waals surface area contributed by atoms with Crippen molar-refractivity contribution in [2.45, 2.75) is 79.8 Å². The molecule has 0 spiro atoms. The number of carbonyl (C=O) groups excluding carboxylic acids is 1. The first-order valence-corrected chi connectivity index (χ1v) is 8.12. The lowest BCUT2D eigenvalue weighted by Crippen LogP contribution is -2.42. The molecule has 0 aromatic carbocycles. The molecule has 22 heavy (non-hydrogen) atoms. The van der Waals surface area contributed by atoms with E-state index in [0.29, 0.717) is 0 Å². The van der Waals surface area contributed by atoms with Gasteiger partial charge in [-0.05, 0) is 60.8 Å². The van der Waals surface area contributed by atoms with E-state index in [1.165, 1.54) is 30.4 Å². The average Bonchev–Trinajstić information content (AvgIpc) is 2.38. The molecular weight excluding hydrogens is 272 g/mol. The van der Waals surface area contributed by atoms with Gasteiger partial charge in [0.05, 0.1) is 6.04 Å². The number of nitrogens with two attached hydrogens (primary N) is 1. The van der Waals surface area contributed by atoms with E-state index in [4.69, 9.17) is 5.73 Å². The van der Waals surface area contributed by atoms with Crippen LogP contribution in [0.5, 0.6) is 0 Å². The molecule has 0 aliphatic rings. The first-order chi connectivity index (χ1) is 10.1. The molecule has 1 amide bonds. The second-order valence-electron chi connectivity index (χ2n) is 6.14. The van der Waals surface area contributed by atoms with E-state index in [9.17, 15) is 4.79 Å². The molecule has 0 aliphatic carbocycles. The lowest BCUT2D eigenvalue weighted by molar-refractivity contribution is -0.122. The standard InChI is InChI=1S/C11H20.C8H16N2O/c1-5-7-11(4)9-6-8-10(2)3;1-5(2)7(4)10-8(11)6(3)9/h7-8H,5-6,9H2,1-4H3;6-7H,1,9H2,2-4H3,(H,10,11)/b11-7+;/t;6-,7?/m.0/s1. The van der Waals surface area contributed by atoms with Crippen LogP contribution in [0.2, 0.25) is 0 Å². The fourth-order valence-corrected chi connectivity index (χ4v) is 1.51. The minimum atomic E-state index is -0.447. The molecule has 3 N–H and O–H groups in total. The summed E-state index contributed by atoms with van der Waals surface area (Å²) >= 11 is 0. The fraction of sp³-hybridized carbons (Fsp3) is 0.632. The maximum Gasteiger partial charge on any atom is 0.237 e. The van der Waals surface area contributed by atoms with E-state index >= 15 is 0 Å². The van der Waals surface area contributed by atoms with Crippen LogP contribution < -0.4 is 11.1 Å². The molecule has 0 aromatic heterocycles. The quantitative estimate of drug-likeness (QED) is 0.680. The number of carbonyl (C=O) groups is 1. The molecule has 2 atom stereocenters. The van der Waals surface area contributed by atoms with E-state index in [2.05, 4.69) is 51.7 Å². The molecule has 128 valence electrons. The molecule has 0 rings (SSSR count). The van der Waals surface area contributed by atoms with E-state index in [1.807, 2.05) is 13.8 Å². The average molecular weight is 309 g/mol. The van der Waals surface area contributed by atoms with Gasteiger partial charge >= 0.3 is 0 Å². The van der Waals surface area contributed by atoms with Crippen molar-refractivity contribution >= 4 is 5.91 Å². The molecule has 3 nitrogen and oxygen atoms in total. The van der Waals surface area contributed by atoms with Gasteiger partial charge in [-0.1, -0.05) is 42.4 Å². The number of allylic oxidation sites excluding steroid dienone is 4. The van der Waals surface area contributed by atoms with Gasteiger partial charge in [-0.3, -0.25) is 4.79 Å². The maximum absolute atomic E-state index is 11.0. The van der Waals surface area contributed by atoms with Crippen molar-refractivity contribution in [1.29, 1.82) is 0 Å². The Bertz CT molecular complexity index is 388. The van der Waals surface area contributed by atoms with Crippen molar-refractivity contribution in [2.75, 3.05) is 0 Å². The van der Waals surface area contributed by atoms with Crippen LogP contribution in [0.15, 0.2) is 35.5 Å². The molecule has 0 aliphatic heterocycles. The zero-order valence-corrected chi connectivity index (χ0v) is 15.6. The SMILES string of the molecule is C=C(C)C(C)NC(=O)[C@H](C)N.CC/C=C(\C)CCC=C(C)C. The topological polar surface area (TPSA) is 55.1 Å². The summed E-state index contributed by atoms with van der Waals surface area (Å²) in [4.78, 5) is 11.0. The lowest BCUT2D eigenvalue weighted by atomic mass is 10.1. The van der Waals surface area contributed by atoms with Gasteiger partial charge in [0.25, 0.3) is 0 Å². The zero-order chi connectivity index (χ0) is 17.7. The summed E-state index contributed by atoms with van der Waals surface area (Å²) in [7, 11) is 0. The van der Waals surface area contributed by atoms with Gasteiger partial charge in [-0.15, -0.1) is 0 Å². The van der Waals surface area contributed by atoms with Gasteiger partial charge in [0, 0.05) is 6.04 Å². The van der Waals surface area contributed by atoms with Crippen molar-refractivity contribution in [3.8, 4) is 0 Å². The summed E-state index contributed by atoms with van der Waals surface area (Å²) in [6.07, 6.45) is 8.19. The molecule has 0 saturated heterocycles. The summed E-state index contributed by atoms with van der Waals surface area (Å²) in [5.41, 5.74) is 9.22. The molecule has 1 unspecified atom stereocenters. The van der Waals surface area contributed by atoms with Crippen LogP contribution >= 0.6 is 0 Å². The van der Waals surface area contributed by atoms with Crippen LogP contribution in [0, 0.1) is 0 Å². The smallest absolute Gasteiger partial charge is 0.237 e. The van der Waals surface area contributed by atoms with Crippen molar-refractivity contribution in [1.82, 2.24) is 5.32 Å². The molecule has 0 aromatic rings. The lowest BCUT2D eigenvalue weighted by Gasteiger charge is -2.14. The van der Waals surface area contributed by atoms with Crippen LogP contribution in [0.3, 0.4) is 0 Å². The predicted octanol–water partition coefficient (Wildman–Crippen LogP) is 4.50. The molecular formula is C19H36N2O. The van der Waals surface area contributed by atoms with E-state index in [-0.39, 0.29) is 11.9 Å². The van der Waals surface area contributed by atoms with Crippen LogP contribution in [0.25, 0.3) is 0 Å². The van der Waals surface area contributed by atoms with E-state index in [1.54, 1.807) is 6.92 Å². The van der Waals surface area contributed by atoms with Crippen LogP contribution in [0.1, 0.15) is 67.7 Å². The number of rotatable bonds is 7. The van der Waals surface area contributed by atoms with Gasteiger partial charge in [0.1, 0.15) is 0 Å². The van der Waals surface area contributed by atoms with Gasteiger partial charge in [-0.25, -0.2) is 0 Å². The van der Waals surface area contributed by atoms with Crippen molar-refractivity contribution in [2.24, 2.45) is 5.73 Å². The third-order valence-corrected chi connectivity index (χ3v) is 3.16. The van der Waals surface area contributed by atoms with E-state index < -0.39 is 6.04 Å². The highest BCUT2D eigenvalue weighted by atomic mass is 16.2. The minimum Gasteiger partial charge on any atom is -0.349 e. The monoisotopic (exact) mass is 308 g/mol. The Morgan fingerprint density at radius 3 is 2.09 bits per heavy atom. The second kappa shape index (κ2) is 13.3. The van der Waals surface area contributed by atoms with Crippen LogP contribution in [-0.4, -0.2) is 18.0 Å². The van der Waals surface area contributed by atoms with Crippen molar-refractivity contribution in [3.63, 3.8) is 0 Å². The summed E-state index contributed by atoms with van der Waals surface area (Å²) in [6, 6.07) is -0.440. The summed E-state index contributed by atoms with van der Waals surface area (Å²) in [6.45, 7) is 17.8. The molecule has 3 heteroatoms.